The third kappa shape index (κ3) is 8.88. The Morgan fingerprint density at radius 3 is 2.19 bits per heavy atom. The summed E-state index contributed by atoms with van der Waals surface area (Å²) in [6.07, 6.45) is 0.690. The number of thioether (sulfide) groups is 1. The average molecular weight is 544 g/mol. The average Bonchev–Trinajstić information content (AvgIpc) is 2.83. The summed E-state index contributed by atoms with van der Waals surface area (Å²) in [5, 5.41) is 4.32. The molecule has 1 atom stereocenters. The van der Waals surface area contributed by atoms with E-state index in [1.54, 1.807) is 22.7 Å². The molecule has 0 radical (unpaired) electrons. The van der Waals surface area contributed by atoms with Crippen LogP contribution in [0.15, 0.2) is 83.8 Å². The highest BCUT2D eigenvalue weighted by Gasteiger charge is 2.32. The minimum Gasteiger partial charge on any atom is -0.350 e. The van der Waals surface area contributed by atoms with Gasteiger partial charge in [-0.2, -0.15) is 0 Å². The van der Waals surface area contributed by atoms with Crippen LogP contribution >= 0.6 is 35.0 Å². The quantitative estimate of drug-likeness (QED) is 0.279. The lowest BCUT2D eigenvalue weighted by atomic mass is 10.0. The van der Waals surface area contributed by atoms with E-state index in [-0.39, 0.29) is 24.8 Å². The van der Waals surface area contributed by atoms with Crippen molar-refractivity contribution in [3.63, 3.8) is 0 Å². The molecule has 0 fully saturated rings. The summed E-state index contributed by atoms with van der Waals surface area (Å²) in [7, 11) is 0. The van der Waals surface area contributed by atoms with Crippen LogP contribution in [0.4, 0.5) is 0 Å². The molecule has 3 rings (SSSR count). The molecule has 0 bridgehead atoms. The summed E-state index contributed by atoms with van der Waals surface area (Å²) in [6, 6.07) is 24.1. The van der Waals surface area contributed by atoms with E-state index in [1.807, 2.05) is 93.6 Å². The number of nitrogens with one attached hydrogen (secondary N) is 1. The van der Waals surface area contributed by atoms with Crippen LogP contribution in [0.2, 0.25) is 10.0 Å². The van der Waals surface area contributed by atoms with Crippen LogP contribution in [0, 0.1) is 0 Å². The van der Waals surface area contributed by atoms with Crippen molar-refractivity contribution in [2.45, 2.75) is 56.6 Å². The minimum atomic E-state index is -0.684. The normalized spacial score (nSPS) is 12.1. The molecule has 4 nitrogen and oxygen atoms in total. The van der Waals surface area contributed by atoms with Gasteiger partial charge in [0.25, 0.3) is 0 Å². The van der Waals surface area contributed by atoms with E-state index in [9.17, 15) is 9.59 Å². The van der Waals surface area contributed by atoms with Crippen molar-refractivity contribution < 1.29 is 9.59 Å². The third-order valence-electron chi connectivity index (χ3n) is 5.47. The monoisotopic (exact) mass is 542 g/mol. The number of carbonyl (C=O) groups excluding carboxylic acids is 2. The maximum atomic E-state index is 13.7. The second-order valence-corrected chi connectivity index (χ2v) is 11.6. The lowest BCUT2D eigenvalue weighted by Crippen LogP contribution is -2.54. The molecule has 1 N–H and O–H groups in total. The van der Waals surface area contributed by atoms with E-state index in [0.29, 0.717) is 22.2 Å². The Hall–Kier alpha value is -2.47. The fourth-order valence-corrected chi connectivity index (χ4v) is 4.91. The van der Waals surface area contributed by atoms with Crippen molar-refractivity contribution >= 4 is 46.8 Å². The summed E-state index contributed by atoms with van der Waals surface area (Å²) < 4.78 is 0. The molecule has 0 spiro atoms. The van der Waals surface area contributed by atoms with Crippen molar-refractivity contribution in [1.82, 2.24) is 10.2 Å². The first kappa shape index (κ1) is 28.1. The van der Waals surface area contributed by atoms with Crippen LogP contribution in [0.5, 0.6) is 0 Å². The summed E-state index contributed by atoms with van der Waals surface area (Å²) in [5.41, 5.74) is 1.36. The van der Waals surface area contributed by atoms with Gasteiger partial charge >= 0.3 is 0 Å². The predicted molar refractivity (Wildman–Crippen MR) is 151 cm³/mol. The van der Waals surface area contributed by atoms with Crippen LogP contribution in [-0.4, -0.2) is 34.0 Å². The first-order valence-electron chi connectivity index (χ1n) is 11.9. The predicted octanol–water partition coefficient (Wildman–Crippen LogP) is 7.03. The molecular formula is C29H32Cl2N2O2S. The zero-order valence-corrected chi connectivity index (χ0v) is 23.2. The zero-order valence-electron chi connectivity index (χ0n) is 20.8. The van der Waals surface area contributed by atoms with E-state index in [0.717, 1.165) is 16.0 Å². The number of hydrogen-bond donors (Lipinski definition) is 1. The standard InChI is InChI=1S/C29H32Cl2N2O2S/c1-29(2,3)32-28(35)26(19-21-9-5-4-6-10-21)33(20-22-11-7-8-12-25(22)31)27(34)17-18-36-24-15-13-23(30)14-16-24/h4-16,26H,17-20H2,1-3H3,(H,32,35)/t26-/m1/s1. The van der Waals surface area contributed by atoms with Crippen LogP contribution in [0.3, 0.4) is 0 Å². The van der Waals surface area contributed by atoms with E-state index in [4.69, 9.17) is 23.2 Å². The minimum absolute atomic E-state index is 0.0960. The van der Waals surface area contributed by atoms with Crippen molar-refractivity contribution in [2.75, 3.05) is 5.75 Å². The van der Waals surface area contributed by atoms with E-state index in [1.165, 1.54) is 0 Å². The van der Waals surface area contributed by atoms with Gasteiger partial charge in [0.05, 0.1) is 0 Å². The molecule has 7 heteroatoms. The molecule has 3 aromatic carbocycles. The van der Waals surface area contributed by atoms with Gasteiger partial charge in [-0.15, -0.1) is 11.8 Å². The number of amides is 2. The number of rotatable bonds is 10. The summed E-state index contributed by atoms with van der Waals surface area (Å²) in [6.45, 7) is 6.06. The zero-order chi connectivity index (χ0) is 26.1. The van der Waals surface area contributed by atoms with Gasteiger partial charge < -0.3 is 10.2 Å². The summed E-state index contributed by atoms with van der Waals surface area (Å²) in [4.78, 5) is 29.9. The number of carbonyl (C=O) groups is 2. The molecule has 0 aliphatic carbocycles. The van der Waals surface area contributed by atoms with Crippen molar-refractivity contribution in [1.29, 1.82) is 0 Å². The highest BCUT2D eigenvalue weighted by molar-refractivity contribution is 7.99. The Labute approximate surface area is 228 Å². The molecule has 2 amide bonds. The molecule has 3 aromatic rings. The maximum Gasteiger partial charge on any atom is 0.243 e. The molecule has 0 aliphatic rings. The summed E-state index contributed by atoms with van der Waals surface area (Å²) in [5.74, 6) is 0.303. The van der Waals surface area contributed by atoms with Gasteiger partial charge in [-0.25, -0.2) is 0 Å². The van der Waals surface area contributed by atoms with E-state index >= 15 is 0 Å². The summed E-state index contributed by atoms with van der Waals surface area (Å²) >= 11 is 14.0. The number of benzene rings is 3. The lowest BCUT2D eigenvalue weighted by Gasteiger charge is -2.34. The van der Waals surface area contributed by atoms with Crippen molar-refractivity contribution in [3.8, 4) is 0 Å². The second-order valence-electron chi connectivity index (χ2n) is 9.61. The molecule has 36 heavy (non-hydrogen) atoms. The van der Waals surface area contributed by atoms with Crippen LogP contribution in [0.25, 0.3) is 0 Å². The SMILES string of the molecule is CC(C)(C)NC(=O)[C@@H](Cc1ccccc1)N(Cc1ccccc1Cl)C(=O)CCSc1ccc(Cl)cc1. The largest absolute Gasteiger partial charge is 0.350 e. The molecular weight excluding hydrogens is 511 g/mol. The Balaban J connectivity index is 1.87. The second kappa shape index (κ2) is 13.2. The van der Waals surface area contributed by atoms with Gasteiger partial charge in [-0.1, -0.05) is 71.7 Å². The molecule has 0 saturated heterocycles. The molecule has 0 aromatic heterocycles. The van der Waals surface area contributed by atoms with Crippen molar-refractivity contribution in [3.05, 3.63) is 100 Å². The maximum absolute atomic E-state index is 13.7. The highest BCUT2D eigenvalue weighted by atomic mass is 35.5. The molecule has 0 heterocycles. The fourth-order valence-electron chi connectivity index (χ4n) is 3.75. The Morgan fingerprint density at radius 2 is 1.56 bits per heavy atom. The van der Waals surface area contributed by atoms with E-state index < -0.39 is 11.6 Å². The first-order valence-corrected chi connectivity index (χ1v) is 13.6. The van der Waals surface area contributed by atoms with Gasteiger partial charge in [0.2, 0.25) is 11.8 Å². The molecule has 0 unspecified atom stereocenters. The van der Waals surface area contributed by atoms with Gasteiger partial charge in [-0.3, -0.25) is 9.59 Å². The molecule has 190 valence electrons. The van der Waals surface area contributed by atoms with Gasteiger partial charge in [0.15, 0.2) is 0 Å². The van der Waals surface area contributed by atoms with Gasteiger partial charge in [0, 0.05) is 45.6 Å². The smallest absolute Gasteiger partial charge is 0.243 e. The number of halogens is 2. The topological polar surface area (TPSA) is 49.4 Å². The Bertz CT molecular complexity index is 1150. The van der Waals surface area contributed by atoms with Gasteiger partial charge in [0.1, 0.15) is 6.04 Å². The van der Waals surface area contributed by atoms with Crippen LogP contribution in [0.1, 0.15) is 38.3 Å². The number of hydrogen-bond acceptors (Lipinski definition) is 3. The molecule has 0 saturated carbocycles. The molecule has 0 aliphatic heterocycles. The fraction of sp³-hybridized carbons (Fsp3) is 0.310. The Morgan fingerprint density at radius 1 is 0.917 bits per heavy atom. The third-order valence-corrected chi connectivity index (χ3v) is 7.10. The lowest BCUT2D eigenvalue weighted by molar-refractivity contribution is -0.141. The van der Waals surface area contributed by atoms with E-state index in [2.05, 4.69) is 5.32 Å². The number of nitrogens with zero attached hydrogens (tertiary/aromatic N) is 1. The van der Waals surface area contributed by atoms with Crippen molar-refractivity contribution in [2.24, 2.45) is 0 Å². The van der Waals surface area contributed by atoms with Crippen LogP contribution < -0.4 is 5.32 Å². The van der Waals surface area contributed by atoms with Gasteiger partial charge in [-0.05, 0) is 62.2 Å². The van der Waals surface area contributed by atoms with Crippen LogP contribution in [-0.2, 0) is 22.6 Å². The highest BCUT2D eigenvalue weighted by Crippen LogP contribution is 2.24. The first-order chi connectivity index (χ1) is 17.1. The Kier molecular flexibility index (Phi) is 10.3.